The number of rotatable bonds is 4. The first-order chi connectivity index (χ1) is 8.70. The van der Waals surface area contributed by atoms with Crippen LogP contribution in [0.4, 0.5) is 4.39 Å². The summed E-state index contributed by atoms with van der Waals surface area (Å²) in [4.78, 5) is 11.9. The molecular weight excluding hydrogens is 237 g/mol. The Morgan fingerprint density at radius 2 is 2.44 bits per heavy atom. The van der Waals surface area contributed by atoms with Crippen molar-refractivity contribution in [2.45, 2.75) is 12.5 Å². The lowest BCUT2D eigenvalue weighted by atomic mass is 10.0. The average Bonchev–Trinajstić information content (AvgIpc) is 2.39. The van der Waals surface area contributed by atoms with Crippen LogP contribution in [-0.2, 0) is 4.74 Å². The van der Waals surface area contributed by atoms with Crippen LogP contribution in [0.15, 0.2) is 18.2 Å². The third-order valence-electron chi connectivity index (χ3n) is 2.89. The fourth-order valence-electron chi connectivity index (χ4n) is 1.92. The van der Waals surface area contributed by atoms with Crippen molar-refractivity contribution in [3.05, 3.63) is 29.6 Å². The summed E-state index contributed by atoms with van der Waals surface area (Å²) in [5.74, 6) is -0.397. The molecule has 5 heteroatoms. The van der Waals surface area contributed by atoms with Gasteiger partial charge in [0.2, 0.25) is 0 Å². The van der Waals surface area contributed by atoms with Gasteiger partial charge in [0.05, 0.1) is 25.4 Å². The van der Waals surface area contributed by atoms with Crippen molar-refractivity contribution in [3.8, 4) is 5.75 Å². The number of carbonyl (C=O) groups is 1. The molecular formula is C13H16FNO3. The van der Waals surface area contributed by atoms with E-state index in [1.165, 1.54) is 19.2 Å². The molecule has 98 valence electrons. The molecule has 1 heterocycles. The molecule has 2 rings (SSSR count). The Morgan fingerprint density at radius 3 is 3.06 bits per heavy atom. The van der Waals surface area contributed by atoms with Gasteiger partial charge in [-0.15, -0.1) is 0 Å². The molecule has 0 amide bonds. The topological polar surface area (TPSA) is 47.6 Å². The molecule has 0 bridgehead atoms. The first-order valence-corrected chi connectivity index (χ1v) is 5.90. The highest BCUT2D eigenvalue weighted by Gasteiger charge is 2.20. The van der Waals surface area contributed by atoms with E-state index in [1.54, 1.807) is 6.07 Å². The molecule has 0 aromatic heterocycles. The molecule has 1 aliphatic heterocycles. The molecule has 4 nitrogen and oxygen atoms in total. The summed E-state index contributed by atoms with van der Waals surface area (Å²) in [6.07, 6.45) is 0.0173. The number of halogens is 1. The molecule has 0 saturated carbocycles. The lowest BCUT2D eigenvalue weighted by Crippen LogP contribution is -2.39. The smallest absolute Gasteiger partial charge is 0.168 e. The summed E-state index contributed by atoms with van der Waals surface area (Å²) >= 11 is 0. The molecule has 0 aliphatic carbocycles. The average molecular weight is 253 g/mol. The molecule has 1 saturated heterocycles. The first kappa shape index (κ1) is 13.0. The predicted octanol–water partition coefficient (Wildman–Crippen LogP) is 1.40. The van der Waals surface area contributed by atoms with Crippen LogP contribution in [-0.4, -0.2) is 38.7 Å². The Labute approximate surface area is 105 Å². The number of Topliss-reactive ketones (excluding diaryl/α,β-unsaturated/α-hetero) is 1. The normalized spacial score (nSPS) is 19.6. The van der Waals surface area contributed by atoms with Crippen LogP contribution in [0.1, 0.15) is 16.8 Å². The van der Waals surface area contributed by atoms with Gasteiger partial charge in [-0.05, 0) is 12.1 Å². The predicted molar refractivity (Wildman–Crippen MR) is 64.5 cm³/mol. The summed E-state index contributed by atoms with van der Waals surface area (Å²) in [7, 11) is 1.46. The highest BCUT2D eigenvalue weighted by molar-refractivity contribution is 5.96. The zero-order valence-electron chi connectivity index (χ0n) is 10.2. The van der Waals surface area contributed by atoms with Crippen LogP contribution in [0.3, 0.4) is 0 Å². The fourth-order valence-corrected chi connectivity index (χ4v) is 1.92. The zero-order valence-corrected chi connectivity index (χ0v) is 10.2. The molecule has 1 N–H and O–H groups in total. The van der Waals surface area contributed by atoms with E-state index >= 15 is 0 Å². The van der Waals surface area contributed by atoms with Crippen LogP contribution in [0, 0.1) is 5.82 Å². The minimum atomic E-state index is -0.553. The Balaban J connectivity index is 2.03. The number of carbonyl (C=O) groups excluding carboxylic acids is 1. The van der Waals surface area contributed by atoms with Gasteiger partial charge in [-0.2, -0.15) is 0 Å². The Kier molecular flexibility index (Phi) is 4.28. The van der Waals surface area contributed by atoms with Crippen LogP contribution < -0.4 is 10.1 Å². The van der Waals surface area contributed by atoms with E-state index in [0.29, 0.717) is 18.9 Å². The third-order valence-corrected chi connectivity index (χ3v) is 2.89. The lowest BCUT2D eigenvalue weighted by molar-refractivity contribution is 0.0239. The minimum Gasteiger partial charge on any atom is -0.497 e. The van der Waals surface area contributed by atoms with Gasteiger partial charge in [-0.1, -0.05) is 0 Å². The molecule has 0 radical (unpaired) electrons. The maximum Gasteiger partial charge on any atom is 0.168 e. The summed E-state index contributed by atoms with van der Waals surface area (Å²) in [5.41, 5.74) is 0.0879. The Bertz CT molecular complexity index is 430. The first-order valence-electron chi connectivity index (χ1n) is 5.90. The molecule has 1 aromatic carbocycles. The lowest BCUT2D eigenvalue weighted by Gasteiger charge is -2.23. The van der Waals surface area contributed by atoms with E-state index < -0.39 is 5.82 Å². The van der Waals surface area contributed by atoms with Gasteiger partial charge in [-0.25, -0.2) is 4.39 Å². The van der Waals surface area contributed by atoms with Crippen molar-refractivity contribution in [2.75, 3.05) is 26.8 Å². The molecule has 0 spiro atoms. The van der Waals surface area contributed by atoms with Crippen LogP contribution in [0.2, 0.25) is 0 Å². The molecule has 1 aliphatic rings. The fraction of sp³-hybridized carbons (Fsp3) is 0.462. The number of methoxy groups -OCH3 is 1. The SMILES string of the molecule is COc1ccc(C(=O)CC2CNCCO2)c(F)c1. The second kappa shape index (κ2) is 5.93. The van der Waals surface area contributed by atoms with E-state index in [0.717, 1.165) is 6.54 Å². The Hall–Kier alpha value is -1.46. The van der Waals surface area contributed by atoms with Crippen molar-refractivity contribution in [2.24, 2.45) is 0 Å². The summed E-state index contributed by atoms with van der Waals surface area (Å²) in [5, 5.41) is 3.13. The number of hydrogen-bond acceptors (Lipinski definition) is 4. The number of benzene rings is 1. The number of ether oxygens (including phenoxy) is 2. The monoisotopic (exact) mass is 253 g/mol. The van der Waals surface area contributed by atoms with Gasteiger partial charge >= 0.3 is 0 Å². The Morgan fingerprint density at radius 1 is 1.61 bits per heavy atom. The molecule has 1 unspecified atom stereocenters. The van der Waals surface area contributed by atoms with Crippen molar-refractivity contribution >= 4 is 5.78 Å². The van der Waals surface area contributed by atoms with Gasteiger partial charge in [0, 0.05) is 25.6 Å². The number of ketones is 1. The number of nitrogens with one attached hydrogen (secondary N) is 1. The van der Waals surface area contributed by atoms with E-state index in [-0.39, 0.29) is 23.9 Å². The minimum absolute atomic E-state index is 0.0879. The zero-order chi connectivity index (χ0) is 13.0. The van der Waals surface area contributed by atoms with Gasteiger partial charge in [0.25, 0.3) is 0 Å². The van der Waals surface area contributed by atoms with E-state index in [4.69, 9.17) is 9.47 Å². The van der Waals surface area contributed by atoms with Gasteiger partial charge in [-0.3, -0.25) is 4.79 Å². The maximum absolute atomic E-state index is 13.7. The molecule has 1 aromatic rings. The number of hydrogen-bond donors (Lipinski definition) is 1. The van der Waals surface area contributed by atoms with Crippen LogP contribution in [0.25, 0.3) is 0 Å². The van der Waals surface area contributed by atoms with E-state index in [1.807, 2.05) is 0 Å². The van der Waals surface area contributed by atoms with Gasteiger partial charge in [0.1, 0.15) is 11.6 Å². The van der Waals surface area contributed by atoms with Crippen molar-refractivity contribution in [3.63, 3.8) is 0 Å². The maximum atomic E-state index is 13.7. The molecule has 1 fully saturated rings. The van der Waals surface area contributed by atoms with Crippen LogP contribution in [0.5, 0.6) is 5.75 Å². The molecule has 1 atom stereocenters. The van der Waals surface area contributed by atoms with Crippen LogP contribution >= 0.6 is 0 Å². The second-order valence-corrected chi connectivity index (χ2v) is 4.17. The highest BCUT2D eigenvalue weighted by Crippen LogP contribution is 2.18. The van der Waals surface area contributed by atoms with E-state index in [9.17, 15) is 9.18 Å². The standard InChI is InChI=1S/C13H16FNO3/c1-17-9-2-3-11(12(14)6-9)13(16)7-10-8-15-4-5-18-10/h2-3,6,10,15H,4-5,7-8H2,1H3. The third kappa shape index (κ3) is 3.05. The summed E-state index contributed by atoms with van der Waals surface area (Å²) < 4.78 is 24.0. The van der Waals surface area contributed by atoms with Gasteiger partial charge in [0.15, 0.2) is 5.78 Å². The second-order valence-electron chi connectivity index (χ2n) is 4.17. The largest absolute Gasteiger partial charge is 0.497 e. The quantitative estimate of drug-likeness (QED) is 0.824. The van der Waals surface area contributed by atoms with Crippen molar-refractivity contribution in [1.29, 1.82) is 0 Å². The molecule has 18 heavy (non-hydrogen) atoms. The van der Waals surface area contributed by atoms with Crippen molar-refractivity contribution in [1.82, 2.24) is 5.32 Å². The number of morpholine rings is 1. The van der Waals surface area contributed by atoms with Crippen molar-refractivity contribution < 1.29 is 18.7 Å². The van der Waals surface area contributed by atoms with Gasteiger partial charge < -0.3 is 14.8 Å². The van der Waals surface area contributed by atoms with E-state index in [2.05, 4.69) is 5.32 Å². The summed E-state index contributed by atoms with van der Waals surface area (Å²) in [6.45, 7) is 2.01. The highest BCUT2D eigenvalue weighted by atomic mass is 19.1. The summed E-state index contributed by atoms with van der Waals surface area (Å²) in [6, 6.07) is 4.25.